The highest BCUT2D eigenvalue weighted by molar-refractivity contribution is 7.99. The number of Topliss-reactive ketones (excluding diaryl/α,β-unsaturated/α-hetero) is 1. The van der Waals surface area contributed by atoms with E-state index in [1.165, 1.54) is 16.7 Å². The summed E-state index contributed by atoms with van der Waals surface area (Å²) in [5.41, 5.74) is 0.602. The molecule has 11 heteroatoms. The van der Waals surface area contributed by atoms with Gasteiger partial charge in [0.05, 0.1) is 0 Å². The van der Waals surface area contributed by atoms with Crippen LogP contribution in [0.15, 0.2) is 33.9 Å². The Morgan fingerprint density at radius 3 is 2.37 bits per heavy atom. The van der Waals surface area contributed by atoms with Crippen LogP contribution in [0.25, 0.3) is 0 Å². The van der Waals surface area contributed by atoms with Crippen LogP contribution in [-0.4, -0.2) is 76.2 Å². The molecule has 0 aliphatic heterocycles. The number of carbonyl (C=O) groups is 3. The standard InChI is InChI=1S/C27H39N5O4S.ClH/c1-19(2)17-22(23(34)25-29-30-26(36-25)37-16-15-31(4)5)32(18-33)27(13-7-6-8-14-27)28-24(35)21-11-9-20(3)10-12-21;/h9-12,18-19,22H,6-8,13-17H2,1-5H3,(H,28,35);1H. The van der Waals surface area contributed by atoms with E-state index < -0.39 is 17.5 Å². The predicted octanol–water partition coefficient (Wildman–Crippen LogP) is 4.60. The molecule has 1 aliphatic carbocycles. The van der Waals surface area contributed by atoms with Crippen LogP contribution >= 0.6 is 24.2 Å². The molecule has 38 heavy (non-hydrogen) atoms. The lowest BCUT2D eigenvalue weighted by Crippen LogP contribution is -2.65. The average Bonchev–Trinajstić information content (AvgIpc) is 3.33. The molecule has 1 heterocycles. The number of halogens is 1. The fourth-order valence-electron chi connectivity index (χ4n) is 4.66. The Morgan fingerprint density at radius 1 is 1.13 bits per heavy atom. The lowest BCUT2D eigenvalue weighted by Gasteiger charge is -2.48. The summed E-state index contributed by atoms with van der Waals surface area (Å²) in [5.74, 6) is 0.0823. The van der Waals surface area contributed by atoms with E-state index >= 15 is 0 Å². The molecular formula is C27H40ClN5O4S. The molecule has 1 aliphatic rings. The minimum atomic E-state index is -0.972. The molecule has 1 unspecified atom stereocenters. The monoisotopic (exact) mass is 565 g/mol. The van der Waals surface area contributed by atoms with Gasteiger partial charge in [-0.3, -0.25) is 14.4 Å². The van der Waals surface area contributed by atoms with Crippen molar-refractivity contribution in [1.29, 1.82) is 0 Å². The average molecular weight is 566 g/mol. The zero-order valence-corrected chi connectivity index (χ0v) is 24.6. The first-order valence-electron chi connectivity index (χ1n) is 12.9. The molecule has 0 spiro atoms. The van der Waals surface area contributed by atoms with Crippen molar-refractivity contribution in [3.63, 3.8) is 0 Å². The van der Waals surface area contributed by atoms with Gasteiger partial charge >= 0.3 is 0 Å². The first-order chi connectivity index (χ1) is 17.6. The molecule has 1 aromatic heterocycles. The number of nitrogens with zero attached hydrogens (tertiary/aromatic N) is 4. The van der Waals surface area contributed by atoms with E-state index in [4.69, 9.17) is 4.42 Å². The SMILES string of the molecule is Cc1ccc(C(=O)NC2(N(C=O)C(CC(C)C)C(=O)c3nnc(SCCN(C)C)o3)CCCCC2)cc1.Cl. The Labute approximate surface area is 235 Å². The van der Waals surface area contributed by atoms with Crippen LogP contribution in [-0.2, 0) is 4.79 Å². The third-order valence-electron chi connectivity index (χ3n) is 6.66. The number of thioether (sulfide) groups is 1. The normalized spacial score (nSPS) is 15.6. The maximum absolute atomic E-state index is 13.7. The van der Waals surface area contributed by atoms with Crippen molar-refractivity contribution in [2.24, 2.45) is 5.92 Å². The summed E-state index contributed by atoms with van der Waals surface area (Å²) in [4.78, 5) is 43.3. The van der Waals surface area contributed by atoms with Gasteiger partial charge in [-0.1, -0.05) is 49.7 Å². The second kappa shape index (κ2) is 14.6. The molecule has 3 rings (SSSR count). The highest BCUT2D eigenvalue weighted by Crippen LogP contribution is 2.35. The number of hydrogen-bond acceptors (Lipinski definition) is 8. The third kappa shape index (κ3) is 8.28. The Kier molecular flexibility index (Phi) is 12.3. The topological polar surface area (TPSA) is 109 Å². The number of aromatic nitrogens is 2. The Hall–Kier alpha value is -2.43. The van der Waals surface area contributed by atoms with E-state index in [0.29, 0.717) is 36.5 Å². The van der Waals surface area contributed by atoms with Crippen LogP contribution in [0.4, 0.5) is 0 Å². The molecule has 1 atom stereocenters. The summed E-state index contributed by atoms with van der Waals surface area (Å²) >= 11 is 1.39. The summed E-state index contributed by atoms with van der Waals surface area (Å²) in [6.07, 6.45) is 4.94. The van der Waals surface area contributed by atoms with E-state index in [1.54, 1.807) is 12.1 Å². The van der Waals surface area contributed by atoms with Gasteiger partial charge in [-0.25, -0.2) is 0 Å². The smallest absolute Gasteiger partial charge is 0.286 e. The molecule has 9 nitrogen and oxygen atoms in total. The molecule has 2 amide bonds. The van der Waals surface area contributed by atoms with Gasteiger partial charge in [0, 0.05) is 17.9 Å². The van der Waals surface area contributed by atoms with Gasteiger partial charge in [0.2, 0.25) is 12.2 Å². The van der Waals surface area contributed by atoms with Crippen LogP contribution in [0.1, 0.15) is 79.0 Å². The Balaban J connectivity index is 0.00000507. The molecule has 1 saturated carbocycles. The van der Waals surface area contributed by atoms with Crippen LogP contribution in [0.5, 0.6) is 0 Å². The Morgan fingerprint density at radius 2 is 1.79 bits per heavy atom. The van der Waals surface area contributed by atoms with Crippen LogP contribution in [0.3, 0.4) is 0 Å². The van der Waals surface area contributed by atoms with E-state index in [2.05, 4.69) is 15.5 Å². The molecular weight excluding hydrogens is 526 g/mol. The molecule has 2 aromatic rings. The third-order valence-corrected chi connectivity index (χ3v) is 7.46. The number of rotatable bonds is 13. The second-order valence-electron chi connectivity index (χ2n) is 10.5. The summed E-state index contributed by atoms with van der Waals surface area (Å²) in [5, 5.41) is 11.5. The van der Waals surface area contributed by atoms with E-state index in [9.17, 15) is 14.4 Å². The van der Waals surface area contributed by atoms with Crippen molar-refractivity contribution in [2.75, 3.05) is 26.4 Å². The predicted molar refractivity (Wildman–Crippen MR) is 151 cm³/mol. The molecule has 1 N–H and O–H groups in total. The van der Waals surface area contributed by atoms with E-state index in [1.807, 2.05) is 51.9 Å². The van der Waals surface area contributed by atoms with E-state index in [0.717, 1.165) is 37.1 Å². The molecule has 210 valence electrons. The summed E-state index contributed by atoms with van der Waals surface area (Å²) in [7, 11) is 3.96. The van der Waals surface area contributed by atoms with Gasteiger partial charge in [-0.15, -0.1) is 22.6 Å². The van der Waals surface area contributed by atoms with Crippen molar-refractivity contribution in [2.45, 2.75) is 76.2 Å². The molecule has 0 bridgehead atoms. The maximum atomic E-state index is 13.7. The molecule has 1 aromatic carbocycles. The van der Waals surface area contributed by atoms with Gasteiger partial charge in [-0.05, 0) is 71.2 Å². The zero-order valence-electron chi connectivity index (χ0n) is 22.9. The van der Waals surface area contributed by atoms with Gasteiger partial charge in [-0.2, -0.15) is 0 Å². The first kappa shape index (κ1) is 31.8. The fourth-order valence-corrected chi connectivity index (χ4v) is 5.53. The summed E-state index contributed by atoms with van der Waals surface area (Å²) < 4.78 is 5.71. The molecule has 1 fully saturated rings. The number of carbonyl (C=O) groups excluding carboxylic acids is 3. The van der Waals surface area contributed by atoms with Gasteiger partial charge in [0.1, 0.15) is 11.7 Å². The van der Waals surface area contributed by atoms with E-state index in [-0.39, 0.29) is 30.1 Å². The quantitative estimate of drug-likeness (QED) is 0.162. The number of nitrogens with one attached hydrogen (secondary N) is 1. The minimum absolute atomic E-state index is 0. The lowest BCUT2D eigenvalue weighted by atomic mass is 9.84. The van der Waals surface area contributed by atoms with Crippen molar-refractivity contribution in [1.82, 2.24) is 25.3 Å². The summed E-state index contributed by atoms with van der Waals surface area (Å²) in [6.45, 7) is 6.79. The van der Waals surface area contributed by atoms with Crippen LogP contribution < -0.4 is 5.32 Å². The number of benzene rings is 1. The van der Waals surface area contributed by atoms with Crippen LogP contribution in [0.2, 0.25) is 0 Å². The Bertz CT molecular complexity index is 1050. The number of aryl methyl sites for hydroxylation is 1. The van der Waals surface area contributed by atoms with Gasteiger partial charge < -0.3 is 19.5 Å². The zero-order chi connectivity index (χ0) is 27.0. The van der Waals surface area contributed by atoms with Crippen LogP contribution in [0, 0.1) is 12.8 Å². The van der Waals surface area contributed by atoms with Crippen molar-refractivity contribution in [3.8, 4) is 0 Å². The van der Waals surface area contributed by atoms with Crippen molar-refractivity contribution < 1.29 is 18.8 Å². The van der Waals surface area contributed by atoms with Crippen molar-refractivity contribution >= 4 is 42.3 Å². The maximum Gasteiger partial charge on any atom is 0.286 e. The highest BCUT2D eigenvalue weighted by Gasteiger charge is 2.45. The first-order valence-corrected chi connectivity index (χ1v) is 13.9. The fraction of sp³-hybridized carbons (Fsp3) is 0.593. The van der Waals surface area contributed by atoms with Gasteiger partial charge in [0.25, 0.3) is 17.0 Å². The molecule has 0 saturated heterocycles. The number of hydrogen-bond donors (Lipinski definition) is 1. The summed E-state index contributed by atoms with van der Waals surface area (Å²) in [6, 6.07) is 6.48. The van der Waals surface area contributed by atoms with Crippen molar-refractivity contribution in [3.05, 3.63) is 41.3 Å². The second-order valence-corrected chi connectivity index (χ2v) is 11.5. The van der Waals surface area contributed by atoms with Gasteiger partial charge in [0.15, 0.2) is 0 Å². The lowest BCUT2D eigenvalue weighted by molar-refractivity contribution is -0.129. The molecule has 0 radical (unpaired) electrons. The number of ketones is 1. The highest BCUT2D eigenvalue weighted by atomic mass is 35.5. The largest absolute Gasteiger partial charge is 0.408 e. The number of amides is 2. The minimum Gasteiger partial charge on any atom is -0.408 e.